The number of nitrogens with zero attached hydrogens (tertiary/aromatic N) is 2. The molecule has 60 heavy (non-hydrogen) atoms. The SMILES string of the molecule is BrCc1c[n+](Cc2ccccc2)ccn1.Fc1c(F)c(F)c([B-](c2c(F)c(F)c(F)c(F)c2F)(c2c(F)c(F)c(F)c(F)c2F)c2c(F)c(F)c(F)c(F)c2F)c(F)c1F. The molecule has 2 nitrogen and oxygen atoms in total. The molecule has 0 amide bonds. The van der Waals surface area contributed by atoms with E-state index in [1.54, 1.807) is 0 Å². The number of benzene rings is 5. The summed E-state index contributed by atoms with van der Waals surface area (Å²) in [4.78, 5) is 4.23. The van der Waals surface area contributed by atoms with Crippen LogP contribution in [0.5, 0.6) is 0 Å². The fourth-order valence-electron chi connectivity index (χ4n) is 6.32. The van der Waals surface area contributed by atoms with Crippen molar-refractivity contribution in [2.24, 2.45) is 0 Å². The van der Waals surface area contributed by atoms with Crippen LogP contribution in [0.4, 0.5) is 87.8 Å². The Morgan fingerprint density at radius 2 is 0.667 bits per heavy atom. The summed E-state index contributed by atoms with van der Waals surface area (Å²) in [5, 5.41) is 0.794. The van der Waals surface area contributed by atoms with Crippen LogP contribution in [-0.2, 0) is 11.9 Å². The Balaban J connectivity index is 0.000000379. The Bertz CT molecular complexity index is 2300. The van der Waals surface area contributed by atoms with Gasteiger partial charge in [-0.1, -0.05) is 46.3 Å². The smallest absolute Gasteiger partial charge is 0.200 e. The van der Waals surface area contributed by atoms with E-state index in [2.05, 4.69) is 55.9 Å². The molecule has 0 fully saturated rings. The molecule has 0 radical (unpaired) electrons. The predicted molar refractivity (Wildman–Crippen MR) is 172 cm³/mol. The van der Waals surface area contributed by atoms with Gasteiger partial charge in [0.25, 0.3) is 0 Å². The molecule has 1 heterocycles. The Kier molecular flexibility index (Phi) is 13.0. The molecule has 1 aromatic heterocycles. The van der Waals surface area contributed by atoms with Gasteiger partial charge in [0.05, 0.1) is 11.5 Å². The van der Waals surface area contributed by atoms with Crippen LogP contribution < -0.4 is 26.4 Å². The van der Waals surface area contributed by atoms with Crippen LogP contribution in [-0.4, -0.2) is 11.1 Å². The third-order valence-electron chi connectivity index (χ3n) is 8.87. The first-order valence-corrected chi connectivity index (χ1v) is 16.9. The summed E-state index contributed by atoms with van der Waals surface area (Å²) in [5.74, 6) is -71.4. The highest BCUT2D eigenvalue weighted by Gasteiger charge is 2.52. The average Bonchev–Trinajstić information content (AvgIpc) is 3.24. The van der Waals surface area contributed by atoms with E-state index >= 15 is 35.1 Å². The van der Waals surface area contributed by atoms with E-state index < -0.39 is 144 Å². The zero-order chi connectivity index (χ0) is 44.9. The van der Waals surface area contributed by atoms with Crippen molar-refractivity contribution < 1.29 is 92.4 Å². The molecule has 5 aromatic carbocycles. The maximum Gasteiger partial charge on any atom is 0.200 e. The second-order valence-corrected chi connectivity index (χ2v) is 12.7. The maximum absolute atomic E-state index is 15.4. The van der Waals surface area contributed by atoms with Gasteiger partial charge in [-0.25, -0.2) is 92.8 Å². The molecule has 0 aliphatic rings. The zero-order valence-electron chi connectivity index (χ0n) is 28.4. The second kappa shape index (κ2) is 17.1. The number of hydrogen-bond donors (Lipinski definition) is 0. The van der Waals surface area contributed by atoms with Gasteiger partial charge < -0.3 is 0 Å². The van der Waals surface area contributed by atoms with Crippen molar-refractivity contribution in [2.75, 3.05) is 0 Å². The van der Waals surface area contributed by atoms with Gasteiger partial charge >= 0.3 is 0 Å². The van der Waals surface area contributed by atoms with Gasteiger partial charge in [-0.05, 0) is 0 Å². The highest BCUT2D eigenvalue weighted by molar-refractivity contribution is 9.08. The molecule has 0 unspecified atom stereocenters. The Labute approximate surface area is 329 Å². The zero-order valence-corrected chi connectivity index (χ0v) is 30.0. The normalized spacial score (nSPS) is 11.6. The summed E-state index contributed by atoms with van der Waals surface area (Å²) in [6.45, 7) is 0.892. The fraction of sp³-hybridized carbons (Fsp3) is 0.0556. The number of hydrogen-bond acceptors (Lipinski definition) is 1. The lowest BCUT2D eigenvalue weighted by atomic mass is 9.12. The molecule has 0 atom stereocenters. The minimum absolute atomic E-state index is 0.794. The van der Waals surface area contributed by atoms with Crippen LogP contribution >= 0.6 is 15.9 Å². The quantitative estimate of drug-likeness (QED) is 0.0395. The molecular weight excluding hydrogens is 931 g/mol. The third-order valence-corrected chi connectivity index (χ3v) is 9.44. The van der Waals surface area contributed by atoms with Gasteiger partial charge in [-0.15, -0.1) is 21.9 Å². The van der Waals surface area contributed by atoms with E-state index in [-0.39, 0.29) is 0 Å². The number of rotatable bonds is 7. The van der Waals surface area contributed by atoms with Gasteiger partial charge in [0, 0.05) is 5.56 Å². The van der Waals surface area contributed by atoms with Crippen molar-refractivity contribution >= 4 is 43.9 Å². The molecular formula is C36H12BBrF20N2. The van der Waals surface area contributed by atoms with Crippen LogP contribution in [0.2, 0.25) is 0 Å². The lowest BCUT2D eigenvalue weighted by Gasteiger charge is -2.44. The van der Waals surface area contributed by atoms with Gasteiger partial charge in [0.1, 0.15) is 58.4 Å². The van der Waals surface area contributed by atoms with E-state index in [4.69, 9.17) is 0 Å². The van der Waals surface area contributed by atoms with Crippen LogP contribution in [0.1, 0.15) is 11.3 Å². The maximum atomic E-state index is 15.4. The predicted octanol–water partition coefficient (Wildman–Crippen LogP) is 8.16. The fourth-order valence-corrected chi connectivity index (χ4v) is 6.61. The third kappa shape index (κ3) is 7.20. The number of halogens is 21. The molecule has 0 aliphatic carbocycles. The molecule has 0 aliphatic heterocycles. The second-order valence-electron chi connectivity index (χ2n) is 12.1. The summed E-state index contributed by atoms with van der Waals surface area (Å²) in [6, 6.07) is 10.4. The standard InChI is InChI=1S/C24BF20.C12H12BrN2/c26-5-1(6(27)14(35)21(42)13(5)34)25(2-7(28)15(36)22(43)16(37)8(2)29,3-9(30)17(38)23(44)18(39)10(3)31)4-11(32)19(40)24(45)20(41)12(4)33;13-8-12-10-15(7-6-14-12)9-11-4-2-1-3-5-11/h;1-7,10H,8-9H2/q-1;+1. The van der Waals surface area contributed by atoms with Crippen molar-refractivity contribution in [3.8, 4) is 0 Å². The topological polar surface area (TPSA) is 16.8 Å². The summed E-state index contributed by atoms with van der Waals surface area (Å²) in [7, 11) is 0. The summed E-state index contributed by atoms with van der Waals surface area (Å²) < 4.78 is 296. The van der Waals surface area contributed by atoms with Crippen LogP contribution in [0.15, 0.2) is 48.9 Å². The number of aromatic nitrogens is 2. The van der Waals surface area contributed by atoms with E-state index in [0.717, 1.165) is 17.6 Å². The van der Waals surface area contributed by atoms with E-state index in [9.17, 15) is 52.7 Å². The average molecular weight is 943 g/mol. The first-order chi connectivity index (χ1) is 28.1. The largest absolute Gasteiger partial charge is 0.248 e. The van der Waals surface area contributed by atoms with Crippen LogP contribution in [0.3, 0.4) is 0 Å². The van der Waals surface area contributed by atoms with Gasteiger partial charge in [0.2, 0.25) is 0 Å². The van der Waals surface area contributed by atoms with Crippen molar-refractivity contribution in [1.29, 1.82) is 0 Å². The lowest BCUT2D eigenvalue weighted by molar-refractivity contribution is -0.689. The lowest BCUT2D eigenvalue weighted by Crippen LogP contribution is -2.81. The monoisotopic (exact) mass is 942 g/mol. The summed E-state index contributed by atoms with van der Waals surface area (Å²) in [6.07, 6.45) is -1.34. The Morgan fingerprint density at radius 1 is 0.400 bits per heavy atom. The molecule has 0 bridgehead atoms. The van der Waals surface area contributed by atoms with Crippen molar-refractivity contribution in [3.05, 3.63) is 177 Å². The van der Waals surface area contributed by atoms with Crippen LogP contribution in [0.25, 0.3) is 0 Å². The summed E-state index contributed by atoms with van der Waals surface area (Å²) >= 11 is 3.40. The summed E-state index contributed by atoms with van der Waals surface area (Å²) in [5.41, 5.74) is -12.0. The van der Waals surface area contributed by atoms with E-state index in [1.165, 1.54) is 5.56 Å². The van der Waals surface area contributed by atoms with Crippen molar-refractivity contribution in [1.82, 2.24) is 4.98 Å². The highest BCUT2D eigenvalue weighted by atomic mass is 79.9. The number of alkyl halides is 1. The molecule has 24 heteroatoms. The Hall–Kier alpha value is -5.68. The molecule has 0 N–H and O–H groups in total. The minimum Gasteiger partial charge on any atom is -0.248 e. The highest BCUT2D eigenvalue weighted by Crippen LogP contribution is 2.30. The van der Waals surface area contributed by atoms with Gasteiger partial charge in [-0.2, -0.15) is 4.57 Å². The molecule has 0 saturated carbocycles. The first-order valence-electron chi connectivity index (χ1n) is 15.8. The molecule has 316 valence electrons. The van der Waals surface area contributed by atoms with E-state index in [0.29, 0.717) is 0 Å². The van der Waals surface area contributed by atoms with Gasteiger partial charge in [0.15, 0.2) is 88.7 Å². The molecule has 0 spiro atoms. The molecule has 6 aromatic rings. The first kappa shape index (κ1) is 45.4. The van der Waals surface area contributed by atoms with Crippen molar-refractivity contribution in [2.45, 2.75) is 11.9 Å². The Morgan fingerprint density at radius 3 is 0.933 bits per heavy atom. The van der Waals surface area contributed by atoms with Crippen molar-refractivity contribution in [3.63, 3.8) is 0 Å². The van der Waals surface area contributed by atoms with E-state index in [1.807, 2.05) is 18.5 Å². The minimum atomic E-state index is -7.22. The van der Waals surface area contributed by atoms with Crippen LogP contribution in [0, 0.1) is 116 Å². The molecule has 0 saturated heterocycles. The molecule has 6 rings (SSSR count). The van der Waals surface area contributed by atoms with Gasteiger partial charge in [-0.3, -0.25) is 0 Å².